The third kappa shape index (κ3) is 2.83. The number of rotatable bonds is 2. The Hall–Kier alpha value is -1.09. The molecule has 3 unspecified atom stereocenters. The summed E-state index contributed by atoms with van der Waals surface area (Å²) in [7, 11) is 0. The van der Waals surface area contributed by atoms with Crippen molar-refractivity contribution in [3.05, 3.63) is 29.6 Å². The van der Waals surface area contributed by atoms with E-state index in [1.807, 2.05) is 0 Å². The molecule has 0 aromatic heterocycles. The molecule has 1 N–H and O–H groups in total. The molecule has 2 rings (SSSR count). The fraction of sp³-hybridized carbons (Fsp3) is 0.600. The summed E-state index contributed by atoms with van der Waals surface area (Å²) in [5, 5.41) is 9.80. The molecule has 0 saturated carbocycles. The molecule has 100 valence electrons. The molecule has 0 spiro atoms. The van der Waals surface area contributed by atoms with Crippen LogP contribution in [0.2, 0.25) is 0 Å². The van der Waals surface area contributed by atoms with Crippen LogP contribution < -0.4 is 4.90 Å². The zero-order valence-electron chi connectivity index (χ0n) is 11.4. The van der Waals surface area contributed by atoms with Gasteiger partial charge in [0.2, 0.25) is 0 Å². The molecule has 1 heterocycles. The minimum absolute atomic E-state index is 0.284. The maximum Gasteiger partial charge on any atom is 0.123 e. The van der Waals surface area contributed by atoms with E-state index in [9.17, 15) is 9.50 Å². The Labute approximate surface area is 108 Å². The summed E-state index contributed by atoms with van der Waals surface area (Å²) in [5.74, 6) is 0.995. The first-order valence-electron chi connectivity index (χ1n) is 6.69. The van der Waals surface area contributed by atoms with Crippen molar-refractivity contribution in [3.63, 3.8) is 0 Å². The summed E-state index contributed by atoms with van der Waals surface area (Å²) in [5.41, 5.74) is 1.67. The predicted octanol–water partition coefficient (Wildman–Crippen LogP) is 3.36. The lowest BCUT2D eigenvalue weighted by molar-refractivity contribution is 0.198. The van der Waals surface area contributed by atoms with Gasteiger partial charge in [0, 0.05) is 24.3 Å². The second kappa shape index (κ2) is 5.27. The van der Waals surface area contributed by atoms with Gasteiger partial charge >= 0.3 is 0 Å². The molecular weight excluding hydrogens is 229 g/mol. The monoisotopic (exact) mass is 251 g/mol. The van der Waals surface area contributed by atoms with Crippen LogP contribution in [0.3, 0.4) is 0 Å². The molecule has 0 amide bonds. The zero-order valence-corrected chi connectivity index (χ0v) is 11.4. The standard InChI is InChI=1S/C15H22FNO/c1-10-6-11(2)9-17(8-10)15-5-4-13(16)7-14(15)12(3)18/h4-5,7,10-12,18H,6,8-9H2,1-3H3. The molecule has 0 aliphatic carbocycles. The number of piperidine rings is 1. The van der Waals surface area contributed by atoms with E-state index in [1.165, 1.54) is 18.6 Å². The summed E-state index contributed by atoms with van der Waals surface area (Å²) in [4.78, 5) is 2.28. The van der Waals surface area contributed by atoms with Gasteiger partial charge in [-0.25, -0.2) is 4.39 Å². The van der Waals surface area contributed by atoms with Gasteiger partial charge in [0.25, 0.3) is 0 Å². The van der Waals surface area contributed by atoms with E-state index < -0.39 is 6.10 Å². The number of benzene rings is 1. The van der Waals surface area contributed by atoms with Gasteiger partial charge in [0.15, 0.2) is 0 Å². The smallest absolute Gasteiger partial charge is 0.123 e. The fourth-order valence-electron chi connectivity index (χ4n) is 3.01. The van der Waals surface area contributed by atoms with E-state index in [0.29, 0.717) is 17.4 Å². The quantitative estimate of drug-likeness (QED) is 0.871. The highest BCUT2D eigenvalue weighted by Crippen LogP contribution is 2.32. The van der Waals surface area contributed by atoms with Gasteiger partial charge in [-0.05, 0) is 43.4 Å². The van der Waals surface area contributed by atoms with Gasteiger partial charge in [-0.2, -0.15) is 0 Å². The molecule has 0 bridgehead atoms. The molecule has 1 aliphatic rings. The van der Waals surface area contributed by atoms with Gasteiger partial charge in [-0.3, -0.25) is 0 Å². The minimum Gasteiger partial charge on any atom is -0.389 e. The van der Waals surface area contributed by atoms with Crippen LogP contribution in [-0.4, -0.2) is 18.2 Å². The van der Waals surface area contributed by atoms with E-state index in [-0.39, 0.29) is 5.82 Å². The van der Waals surface area contributed by atoms with Crippen molar-refractivity contribution >= 4 is 5.69 Å². The maximum atomic E-state index is 13.3. The Balaban J connectivity index is 2.32. The number of nitrogens with zero attached hydrogens (tertiary/aromatic N) is 1. The van der Waals surface area contributed by atoms with Crippen molar-refractivity contribution in [3.8, 4) is 0 Å². The summed E-state index contributed by atoms with van der Waals surface area (Å²) >= 11 is 0. The summed E-state index contributed by atoms with van der Waals surface area (Å²) in [6.45, 7) is 8.14. The van der Waals surface area contributed by atoms with Gasteiger partial charge < -0.3 is 10.0 Å². The Bertz CT molecular complexity index is 409. The topological polar surface area (TPSA) is 23.5 Å². The van der Waals surface area contributed by atoms with Gasteiger partial charge in [-0.15, -0.1) is 0 Å². The van der Waals surface area contributed by atoms with Crippen LogP contribution in [0.25, 0.3) is 0 Å². The molecule has 1 aliphatic heterocycles. The Morgan fingerprint density at radius 3 is 2.44 bits per heavy atom. The van der Waals surface area contributed by atoms with E-state index >= 15 is 0 Å². The van der Waals surface area contributed by atoms with Crippen molar-refractivity contribution in [2.24, 2.45) is 11.8 Å². The van der Waals surface area contributed by atoms with Crippen molar-refractivity contribution < 1.29 is 9.50 Å². The Kier molecular flexibility index (Phi) is 3.91. The van der Waals surface area contributed by atoms with Gasteiger partial charge in [-0.1, -0.05) is 13.8 Å². The number of anilines is 1. The molecule has 0 radical (unpaired) electrons. The molecule has 3 heteroatoms. The van der Waals surface area contributed by atoms with Crippen LogP contribution in [0.4, 0.5) is 10.1 Å². The second-order valence-corrected chi connectivity index (χ2v) is 5.73. The first-order valence-corrected chi connectivity index (χ1v) is 6.69. The van der Waals surface area contributed by atoms with Crippen molar-refractivity contribution in [2.45, 2.75) is 33.3 Å². The largest absolute Gasteiger partial charge is 0.389 e. The molecule has 1 aromatic carbocycles. The molecule has 3 atom stereocenters. The van der Waals surface area contributed by atoms with Crippen LogP contribution in [0.1, 0.15) is 38.9 Å². The second-order valence-electron chi connectivity index (χ2n) is 5.73. The highest BCUT2D eigenvalue weighted by atomic mass is 19.1. The first-order chi connectivity index (χ1) is 8.47. The van der Waals surface area contributed by atoms with E-state index in [0.717, 1.165) is 18.8 Å². The van der Waals surface area contributed by atoms with Gasteiger partial charge in [0.1, 0.15) is 5.82 Å². The Morgan fingerprint density at radius 2 is 1.89 bits per heavy atom. The highest BCUT2D eigenvalue weighted by molar-refractivity contribution is 5.55. The molecule has 1 fully saturated rings. The van der Waals surface area contributed by atoms with Crippen LogP contribution in [0.15, 0.2) is 18.2 Å². The number of halogens is 1. The third-order valence-electron chi connectivity index (χ3n) is 3.65. The Morgan fingerprint density at radius 1 is 1.28 bits per heavy atom. The van der Waals surface area contributed by atoms with E-state index in [1.54, 1.807) is 13.0 Å². The zero-order chi connectivity index (χ0) is 13.3. The number of hydrogen-bond acceptors (Lipinski definition) is 2. The molecule has 1 aromatic rings. The summed E-state index contributed by atoms with van der Waals surface area (Å²) in [6.07, 6.45) is 0.602. The third-order valence-corrected chi connectivity index (χ3v) is 3.65. The van der Waals surface area contributed by atoms with Crippen molar-refractivity contribution in [2.75, 3.05) is 18.0 Å². The first kappa shape index (κ1) is 13.3. The average Bonchev–Trinajstić information content (AvgIpc) is 2.27. The van der Waals surface area contributed by atoms with Gasteiger partial charge in [0.05, 0.1) is 6.10 Å². The maximum absolute atomic E-state index is 13.3. The summed E-state index contributed by atoms with van der Waals surface area (Å²) in [6, 6.07) is 4.72. The summed E-state index contributed by atoms with van der Waals surface area (Å²) < 4.78 is 13.3. The number of aliphatic hydroxyl groups excluding tert-OH is 1. The molecule has 18 heavy (non-hydrogen) atoms. The van der Waals surface area contributed by atoms with Crippen LogP contribution in [0, 0.1) is 17.7 Å². The number of hydrogen-bond donors (Lipinski definition) is 1. The molecular formula is C15H22FNO. The van der Waals surface area contributed by atoms with Crippen LogP contribution >= 0.6 is 0 Å². The molecule has 2 nitrogen and oxygen atoms in total. The molecule has 1 saturated heterocycles. The lowest BCUT2D eigenvalue weighted by Crippen LogP contribution is -2.39. The van der Waals surface area contributed by atoms with Crippen LogP contribution in [0.5, 0.6) is 0 Å². The normalized spacial score (nSPS) is 26.2. The minimum atomic E-state index is -0.636. The lowest BCUT2D eigenvalue weighted by atomic mass is 9.91. The van der Waals surface area contributed by atoms with Crippen molar-refractivity contribution in [1.29, 1.82) is 0 Å². The van der Waals surface area contributed by atoms with Crippen LogP contribution in [-0.2, 0) is 0 Å². The van der Waals surface area contributed by atoms with Crippen molar-refractivity contribution in [1.82, 2.24) is 0 Å². The SMILES string of the molecule is CC1CC(C)CN(c2ccc(F)cc2C(C)O)C1. The average molecular weight is 251 g/mol. The highest BCUT2D eigenvalue weighted by Gasteiger charge is 2.24. The van der Waals surface area contributed by atoms with E-state index in [2.05, 4.69) is 18.7 Å². The fourth-order valence-corrected chi connectivity index (χ4v) is 3.01. The lowest BCUT2D eigenvalue weighted by Gasteiger charge is -2.38. The van der Waals surface area contributed by atoms with E-state index in [4.69, 9.17) is 0 Å². The predicted molar refractivity (Wildman–Crippen MR) is 72.2 cm³/mol. The number of aliphatic hydroxyl groups is 1.